The molecule has 1 heterocycles. The van der Waals surface area contributed by atoms with Gasteiger partial charge < -0.3 is 14.0 Å². The molecule has 0 saturated heterocycles. The van der Waals surface area contributed by atoms with Crippen LogP contribution < -0.4 is 15.0 Å². The normalized spacial score (nSPS) is 10.9. The number of fused-ring (bicyclic) bond motifs is 1. The van der Waals surface area contributed by atoms with Crippen LogP contribution in [0.25, 0.3) is 10.8 Å². The van der Waals surface area contributed by atoms with Gasteiger partial charge >= 0.3 is 5.97 Å². The first-order chi connectivity index (χ1) is 12.5. The van der Waals surface area contributed by atoms with Gasteiger partial charge in [-0.1, -0.05) is 38.1 Å². The number of nitrogens with zero attached hydrogens (tertiary/aromatic N) is 1. The van der Waals surface area contributed by atoms with E-state index in [1.54, 1.807) is 66.4 Å². The van der Waals surface area contributed by atoms with Crippen molar-refractivity contribution in [2.24, 2.45) is 5.92 Å². The number of methoxy groups -OCH3 is 1. The van der Waals surface area contributed by atoms with Crippen LogP contribution in [0.3, 0.4) is 0 Å². The largest absolute Gasteiger partial charge is 0.497 e. The molecule has 0 atom stereocenters. The molecular formula is C21H21NO4. The number of aromatic nitrogens is 1. The first-order valence-corrected chi connectivity index (χ1v) is 8.48. The van der Waals surface area contributed by atoms with Crippen LogP contribution in [0.1, 0.15) is 24.2 Å². The van der Waals surface area contributed by atoms with E-state index in [-0.39, 0.29) is 11.5 Å². The van der Waals surface area contributed by atoms with E-state index in [2.05, 4.69) is 0 Å². The Kier molecular flexibility index (Phi) is 5.07. The van der Waals surface area contributed by atoms with Crippen molar-refractivity contribution in [2.75, 3.05) is 7.11 Å². The van der Waals surface area contributed by atoms with E-state index in [4.69, 9.17) is 9.47 Å². The topological polar surface area (TPSA) is 57.5 Å². The number of carbonyl (C=O) groups is 1. The van der Waals surface area contributed by atoms with Gasteiger partial charge in [-0.15, -0.1) is 0 Å². The molecule has 0 radical (unpaired) electrons. The van der Waals surface area contributed by atoms with Gasteiger partial charge in [0.15, 0.2) is 0 Å². The predicted molar refractivity (Wildman–Crippen MR) is 101 cm³/mol. The molecule has 5 heteroatoms. The smallest absolute Gasteiger partial charge is 0.345 e. The van der Waals surface area contributed by atoms with Crippen molar-refractivity contribution in [2.45, 2.75) is 20.4 Å². The molecule has 0 spiro atoms. The molecule has 3 rings (SSSR count). The fourth-order valence-corrected chi connectivity index (χ4v) is 2.86. The molecule has 134 valence electrons. The van der Waals surface area contributed by atoms with Crippen molar-refractivity contribution >= 4 is 16.7 Å². The maximum atomic E-state index is 12.8. The van der Waals surface area contributed by atoms with E-state index in [1.165, 1.54) is 0 Å². The summed E-state index contributed by atoms with van der Waals surface area (Å²) >= 11 is 0. The van der Waals surface area contributed by atoms with Gasteiger partial charge in [0.05, 0.1) is 12.7 Å². The summed E-state index contributed by atoms with van der Waals surface area (Å²) in [5.74, 6) is 0.757. The third kappa shape index (κ3) is 3.61. The van der Waals surface area contributed by atoms with Crippen molar-refractivity contribution in [3.8, 4) is 11.5 Å². The Bertz CT molecular complexity index is 1000. The molecule has 0 N–H and O–H groups in total. The number of carbonyl (C=O) groups excluding carboxylic acids is 1. The number of benzene rings is 2. The van der Waals surface area contributed by atoms with Crippen LogP contribution in [0, 0.1) is 5.92 Å². The molecule has 0 aliphatic carbocycles. The second-order valence-corrected chi connectivity index (χ2v) is 6.51. The van der Waals surface area contributed by atoms with E-state index in [0.717, 1.165) is 0 Å². The highest BCUT2D eigenvalue weighted by molar-refractivity contribution is 6.04. The third-order valence-electron chi connectivity index (χ3n) is 4.03. The van der Waals surface area contributed by atoms with Crippen LogP contribution in [-0.2, 0) is 6.54 Å². The number of rotatable bonds is 5. The minimum atomic E-state index is -0.507. The average Bonchev–Trinajstić information content (AvgIpc) is 2.64. The maximum absolute atomic E-state index is 12.8. The second kappa shape index (κ2) is 7.44. The Balaban J connectivity index is 2.06. The Morgan fingerprint density at radius 3 is 2.42 bits per heavy atom. The summed E-state index contributed by atoms with van der Waals surface area (Å²) in [4.78, 5) is 25.5. The molecule has 0 saturated carbocycles. The molecule has 2 aromatic carbocycles. The van der Waals surface area contributed by atoms with Crippen LogP contribution in [0.15, 0.2) is 59.5 Å². The zero-order chi connectivity index (χ0) is 18.7. The van der Waals surface area contributed by atoms with E-state index < -0.39 is 5.97 Å². The first-order valence-electron chi connectivity index (χ1n) is 8.48. The van der Waals surface area contributed by atoms with Crippen LogP contribution in [-0.4, -0.2) is 17.6 Å². The Labute approximate surface area is 151 Å². The van der Waals surface area contributed by atoms with E-state index in [0.29, 0.717) is 34.4 Å². The lowest BCUT2D eigenvalue weighted by atomic mass is 10.1. The van der Waals surface area contributed by atoms with Crippen molar-refractivity contribution in [3.05, 3.63) is 70.6 Å². The highest BCUT2D eigenvalue weighted by Crippen LogP contribution is 2.22. The van der Waals surface area contributed by atoms with Gasteiger partial charge in [0.1, 0.15) is 11.5 Å². The lowest BCUT2D eigenvalue weighted by molar-refractivity contribution is 0.0735. The highest BCUT2D eigenvalue weighted by atomic mass is 16.5. The molecule has 1 aromatic heterocycles. The summed E-state index contributed by atoms with van der Waals surface area (Å²) in [7, 11) is 1.55. The molecule has 26 heavy (non-hydrogen) atoms. The summed E-state index contributed by atoms with van der Waals surface area (Å²) in [5, 5.41) is 1.10. The SMILES string of the molecule is COc1cccc(OC(=O)c2cn(CC(C)C)c(=O)c3ccccc23)c1. The summed E-state index contributed by atoms with van der Waals surface area (Å²) in [5.41, 5.74) is 0.260. The quantitative estimate of drug-likeness (QED) is 0.517. The fraction of sp³-hybridized carbons (Fsp3) is 0.238. The maximum Gasteiger partial charge on any atom is 0.345 e. The fourth-order valence-electron chi connectivity index (χ4n) is 2.86. The molecule has 5 nitrogen and oxygen atoms in total. The predicted octanol–water partition coefficient (Wildman–Crippen LogP) is 3.89. The van der Waals surface area contributed by atoms with Crippen molar-refractivity contribution in [1.82, 2.24) is 4.57 Å². The lowest BCUT2D eigenvalue weighted by Crippen LogP contribution is -2.25. The van der Waals surface area contributed by atoms with Crippen LogP contribution in [0.2, 0.25) is 0 Å². The third-order valence-corrected chi connectivity index (χ3v) is 4.03. The van der Waals surface area contributed by atoms with Crippen LogP contribution >= 0.6 is 0 Å². The second-order valence-electron chi connectivity index (χ2n) is 6.51. The number of ether oxygens (including phenoxy) is 2. The highest BCUT2D eigenvalue weighted by Gasteiger charge is 2.17. The summed E-state index contributed by atoms with van der Waals surface area (Å²) in [6.45, 7) is 4.58. The zero-order valence-electron chi connectivity index (χ0n) is 15.1. The van der Waals surface area contributed by atoms with E-state index in [9.17, 15) is 9.59 Å². The molecule has 0 amide bonds. The zero-order valence-corrected chi connectivity index (χ0v) is 15.1. The molecule has 0 unspecified atom stereocenters. The number of hydrogen-bond donors (Lipinski definition) is 0. The number of pyridine rings is 1. The Morgan fingerprint density at radius 1 is 1.04 bits per heavy atom. The monoisotopic (exact) mass is 351 g/mol. The Hall–Kier alpha value is -3.08. The van der Waals surface area contributed by atoms with Crippen molar-refractivity contribution < 1.29 is 14.3 Å². The van der Waals surface area contributed by atoms with Gasteiger partial charge in [-0.05, 0) is 24.1 Å². The van der Waals surface area contributed by atoms with E-state index >= 15 is 0 Å². The summed E-state index contributed by atoms with van der Waals surface area (Å²) in [6.07, 6.45) is 1.59. The minimum Gasteiger partial charge on any atom is -0.497 e. The number of hydrogen-bond acceptors (Lipinski definition) is 4. The van der Waals surface area contributed by atoms with Crippen molar-refractivity contribution in [1.29, 1.82) is 0 Å². The van der Waals surface area contributed by atoms with Crippen molar-refractivity contribution in [3.63, 3.8) is 0 Å². The summed E-state index contributed by atoms with van der Waals surface area (Å²) in [6, 6.07) is 13.9. The van der Waals surface area contributed by atoms with Crippen LogP contribution in [0.5, 0.6) is 11.5 Å². The van der Waals surface area contributed by atoms with Crippen LogP contribution in [0.4, 0.5) is 0 Å². The molecule has 0 aliphatic heterocycles. The molecule has 0 bridgehead atoms. The van der Waals surface area contributed by atoms with Gasteiger partial charge in [-0.3, -0.25) is 4.79 Å². The van der Waals surface area contributed by atoms with Gasteiger partial charge in [0, 0.05) is 29.6 Å². The van der Waals surface area contributed by atoms with Gasteiger partial charge in [0.25, 0.3) is 5.56 Å². The molecule has 0 aliphatic rings. The minimum absolute atomic E-state index is 0.104. The summed E-state index contributed by atoms with van der Waals surface area (Å²) < 4.78 is 12.2. The van der Waals surface area contributed by atoms with Gasteiger partial charge in [-0.25, -0.2) is 4.79 Å². The first kappa shape index (κ1) is 17.7. The van der Waals surface area contributed by atoms with Gasteiger partial charge in [-0.2, -0.15) is 0 Å². The lowest BCUT2D eigenvalue weighted by Gasteiger charge is -2.13. The number of esters is 1. The van der Waals surface area contributed by atoms with Gasteiger partial charge in [0.2, 0.25) is 0 Å². The van der Waals surface area contributed by atoms with E-state index in [1.807, 2.05) is 13.8 Å². The molecule has 3 aromatic rings. The molecule has 0 fully saturated rings. The average molecular weight is 351 g/mol. The Morgan fingerprint density at radius 2 is 1.73 bits per heavy atom. The standard InChI is InChI=1S/C21H21NO4/c1-14(2)12-22-13-19(17-9-4-5-10-18(17)20(22)23)21(24)26-16-8-6-7-15(11-16)25-3/h4-11,13-14H,12H2,1-3H3. The molecular weight excluding hydrogens is 330 g/mol.